The van der Waals surface area contributed by atoms with E-state index in [0.29, 0.717) is 51.1 Å². The lowest BCUT2D eigenvalue weighted by molar-refractivity contribution is -0.119. The summed E-state index contributed by atoms with van der Waals surface area (Å²) in [6, 6.07) is 9.55. The van der Waals surface area contributed by atoms with Gasteiger partial charge in [-0.15, -0.1) is 0 Å². The van der Waals surface area contributed by atoms with E-state index in [1.54, 1.807) is 54.7 Å². The summed E-state index contributed by atoms with van der Waals surface area (Å²) in [6.07, 6.45) is 3.29. The van der Waals surface area contributed by atoms with Crippen LogP contribution >= 0.6 is 0 Å². The van der Waals surface area contributed by atoms with E-state index in [0.717, 1.165) is 0 Å². The largest absolute Gasteiger partial charge is 0.493 e. The molecule has 0 unspecified atom stereocenters. The number of anilines is 1. The van der Waals surface area contributed by atoms with Gasteiger partial charge >= 0.3 is 0 Å². The highest BCUT2D eigenvalue weighted by atomic mass is 16.5. The van der Waals surface area contributed by atoms with Crippen molar-refractivity contribution in [3.8, 4) is 28.7 Å². The zero-order chi connectivity index (χ0) is 26.7. The molecule has 2 aromatic carbocycles. The summed E-state index contributed by atoms with van der Waals surface area (Å²) in [5.41, 5.74) is 2.01. The third-order valence-electron chi connectivity index (χ3n) is 6.42. The van der Waals surface area contributed by atoms with Crippen LogP contribution in [0.5, 0.6) is 28.7 Å². The molecule has 0 bridgehead atoms. The number of carbonyl (C=O) groups is 2. The Bertz CT molecular complexity index is 1290. The zero-order valence-corrected chi connectivity index (χ0v) is 21.5. The molecule has 1 N–H and O–H groups in total. The first kappa shape index (κ1) is 25.6. The van der Waals surface area contributed by atoms with E-state index in [9.17, 15) is 9.59 Å². The van der Waals surface area contributed by atoms with E-state index < -0.39 is 12.0 Å². The van der Waals surface area contributed by atoms with E-state index in [4.69, 9.17) is 23.7 Å². The molecule has 10 heteroatoms. The molecule has 0 radical (unpaired) electrons. The van der Waals surface area contributed by atoms with Crippen molar-refractivity contribution < 1.29 is 33.3 Å². The molecule has 2 atom stereocenters. The van der Waals surface area contributed by atoms with Crippen LogP contribution in [0, 0.1) is 0 Å². The molecular weight excluding hydrogens is 478 g/mol. The number of nitrogens with zero attached hydrogens (tertiary/aromatic N) is 2. The standard InChI is InChI=1S/C27H29N3O7/c1-30-24(15-8-7-9-28-14-15)23(17-12-19(33-2)20(34-3)13-18(17)27(30)32)26(31)29-16-10-21(35-4)25(37-6)22(11-16)36-5/h7-14,23-24H,1-6H3,(H,29,31)/t23-,24+/m1/s1. The summed E-state index contributed by atoms with van der Waals surface area (Å²) >= 11 is 0. The van der Waals surface area contributed by atoms with Gasteiger partial charge in [0.25, 0.3) is 5.91 Å². The van der Waals surface area contributed by atoms with Gasteiger partial charge < -0.3 is 33.9 Å². The zero-order valence-electron chi connectivity index (χ0n) is 21.5. The average molecular weight is 508 g/mol. The van der Waals surface area contributed by atoms with Gasteiger partial charge in [-0.05, 0) is 29.3 Å². The lowest BCUT2D eigenvalue weighted by atomic mass is 9.79. The van der Waals surface area contributed by atoms with Crippen molar-refractivity contribution in [2.24, 2.45) is 0 Å². The second-order valence-corrected chi connectivity index (χ2v) is 8.32. The van der Waals surface area contributed by atoms with Gasteiger partial charge in [0.15, 0.2) is 23.0 Å². The molecule has 2 heterocycles. The third kappa shape index (κ3) is 4.57. The van der Waals surface area contributed by atoms with Crippen molar-refractivity contribution >= 4 is 17.5 Å². The summed E-state index contributed by atoms with van der Waals surface area (Å²) in [6.45, 7) is 0. The Morgan fingerprint density at radius 1 is 0.892 bits per heavy atom. The fraction of sp³-hybridized carbons (Fsp3) is 0.296. The van der Waals surface area contributed by atoms with Gasteiger partial charge in [-0.25, -0.2) is 0 Å². The lowest BCUT2D eigenvalue weighted by Gasteiger charge is -2.40. The molecule has 10 nitrogen and oxygen atoms in total. The number of benzene rings is 2. The van der Waals surface area contributed by atoms with Crippen LogP contribution in [-0.4, -0.2) is 64.3 Å². The fourth-order valence-corrected chi connectivity index (χ4v) is 4.67. The monoisotopic (exact) mass is 507 g/mol. The summed E-state index contributed by atoms with van der Waals surface area (Å²) < 4.78 is 27.2. The average Bonchev–Trinajstić information content (AvgIpc) is 2.93. The predicted molar refractivity (Wildman–Crippen MR) is 136 cm³/mol. The number of fused-ring (bicyclic) bond motifs is 1. The minimum atomic E-state index is -0.805. The number of pyridine rings is 1. The number of methoxy groups -OCH3 is 5. The van der Waals surface area contributed by atoms with E-state index in [2.05, 4.69) is 10.3 Å². The summed E-state index contributed by atoms with van der Waals surface area (Å²) in [4.78, 5) is 33.2. The second-order valence-electron chi connectivity index (χ2n) is 8.32. The molecule has 0 saturated heterocycles. The molecule has 0 spiro atoms. The van der Waals surface area contributed by atoms with Crippen LogP contribution in [0.1, 0.15) is 33.4 Å². The Labute approximate surface area is 215 Å². The van der Waals surface area contributed by atoms with Gasteiger partial charge in [0.2, 0.25) is 11.7 Å². The maximum atomic E-state index is 14.0. The van der Waals surface area contributed by atoms with E-state index in [1.165, 1.54) is 35.5 Å². The quantitative estimate of drug-likeness (QED) is 0.492. The van der Waals surface area contributed by atoms with Crippen LogP contribution in [0.2, 0.25) is 0 Å². The number of carbonyl (C=O) groups excluding carboxylic acids is 2. The molecule has 37 heavy (non-hydrogen) atoms. The number of likely N-dealkylation sites (N-methyl/N-ethyl adjacent to an activating group) is 1. The van der Waals surface area contributed by atoms with E-state index in [-0.39, 0.29) is 11.8 Å². The molecule has 1 aromatic heterocycles. The third-order valence-corrected chi connectivity index (χ3v) is 6.42. The Kier molecular flexibility index (Phi) is 7.37. The topological polar surface area (TPSA) is 108 Å². The second kappa shape index (κ2) is 10.7. The Balaban J connectivity index is 1.86. The predicted octanol–water partition coefficient (Wildman–Crippen LogP) is 3.67. The summed E-state index contributed by atoms with van der Waals surface area (Å²) in [7, 11) is 9.17. The maximum absolute atomic E-state index is 14.0. The fourth-order valence-electron chi connectivity index (χ4n) is 4.67. The molecule has 194 valence electrons. The van der Waals surface area contributed by atoms with Crippen LogP contribution in [0.3, 0.4) is 0 Å². The highest BCUT2D eigenvalue weighted by Gasteiger charge is 2.44. The molecule has 4 rings (SSSR count). The number of rotatable bonds is 8. The molecule has 0 aliphatic carbocycles. The van der Waals surface area contributed by atoms with Crippen LogP contribution in [0.15, 0.2) is 48.8 Å². The van der Waals surface area contributed by atoms with Gasteiger partial charge in [0, 0.05) is 42.8 Å². The van der Waals surface area contributed by atoms with E-state index >= 15 is 0 Å². The molecule has 0 saturated carbocycles. The van der Waals surface area contributed by atoms with Gasteiger partial charge in [0.05, 0.1) is 47.5 Å². The van der Waals surface area contributed by atoms with Crippen molar-refractivity contribution in [2.45, 2.75) is 12.0 Å². The number of ether oxygens (including phenoxy) is 5. The first-order chi connectivity index (χ1) is 17.9. The van der Waals surface area contributed by atoms with Crippen LogP contribution < -0.4 is 29.0 Å². The molecule has 1 aliphatic heterocycles. The Hall–Kier alpha value is -4.47. The molecule has 0 fully saturated rings. The molecule has 1 aliphatic rings. The van der Waals surface area contributed by atoms with Crippen molar-refractivity contribution in [3.05, 3.63) is 65.5 Å². The van der Waals surface area contributed by atoms with Crippen molar-refractivity contribution in [1.29, 1.82) is 0 Å². The first-order valence-electron chi connectivity index (χ1n) is 11.4. The first-order valence-corrected chi connectivity index (χ1v) is 11.4. The molecule has 3 aromatic rings. The van der Waals surface area contributed by atoms with Gasteiger partial charge in [0.1, 0.15) is 0 Å². The summed E-state index contributed by atoms with van der Waals surface area (Å²) in [5.74, 6) is 0.591. The molecular formula is C27H29N3O7. The van der Waals surface area contributed by atoms with Crippen LogP contribution in [0.25, 0.3) is 0 Å². The minimum Gasteiger partial charge on any atom is -0.493 e. The number of aromatic nitrogens is 1. The van der Waals surface area contributed by atoms with Gasteiger partial charge in [-0.1, -0.05) is 6.07 Å². The number of hydrogen-bond acceptors (Lipinski definition) is 8. The number of hydrogen-bond donors (Lipinski definition) is 1. The van der Waals surface area contributed by atoms with Crippen molar-refractivity contribution in [1.82, 2.24) is 9.88 Å². The smallest absolute Gasteiger partial charge is 0.254 e. The Morgan fingerprint density at radius 2 is 1.51 bits per heavy atom. The van der Waals surface area contributed by atoms with Crippen molar-refractivity contribution in [3.63, 3.8) is 0 Å². The number of amides is 2. The van der Waals surface area contributed by atoms with Crippen LogP contribution in [0.4, 0.5) is 5.69 Å². The Morgan fingerprint density at radius 3 is 2.05 bits per heavy atom. The van der Waals surface area contributed by atoms with E-state index in [1.807, 2.05) is 6.07 Å². The summed E-state index contributed by atoms with van der Waals surface area (Å²) in [5, 5.41) is 2.97. The minimum absolute atomic E-state index is 0.248. The highest BCUT2D eigenvalue weighted by Crippen LogP contribution is 2.46. The maximum Gasteiger partial charge on any atom is 0.254 e. The lowest BCUT2D eigenvalue weighted by Crippen LogP contribution is -2.44. The highest BCUT2D eigenvalue weighted by molar-refractivity contribution is 6.05. The van der Waals surface area contributed by atoms with Crippen molar-refractivity contribution in [2.75, 3.05) is 47.9 Å². The van der Waals surface area contributed by atoms with Gasteiger partial charge in [-0.2, -0.15) is 0 Å². The van der Waals surface area contributed by atoms with Gasteiger partial charge in [-0.3, -0.25) is 14.6 Å². The van der Waals surface area contributed by atoms with Crippen LogP contribution in [-0.2, 0) is 4.79 Å². The normalized spacial score (nSPS) is 16.5. The number of nitrogens with one attached hydrogen (secondary N) is 1. The SMILES string of the molecule is COc1cc2c(cc1OC)[C@@H](C(=O)Nc1cc(OC)c(OC)c(OC)c1)[C@H](c1cccnc1)N(C)C2=O. The molecule has 2 amide bonds.